The van der Waals surface area contributed by atoms with E-state index >= 15 is 0 Å². The first kappa shape index (κ1) is 17.7. The lowest BCUT2D eigenvalue weighted by atomic mass is 10.1. The molecule has 0 spiro atoms. The molecule has 0 aliphatic rings. The first-order valence-electron chi connectivity index (χ1n) is 6.78. The van der Waals surface area contributed by atoms with Crippen molar-refractivity contribution < 1.29 is 23.0 Å². The Morgan fingerprint density at radius 2 is 2.00 bits per heavy atom. The van der Waals surface area contributed by atoms with Gasteiger partial charge in [0.2, 0.25) is 10.0 Å². The van der Waals surface area contributed by atoms with Crippen molar-refractivity contribution >= 4 is 21.4 Å². The van der Waals surface area contributed by atoms with Crippen molar-refractivity contribution in [2.45, 2.75) is 17.4 Å². The Bertz CT molecular complexity index is 754. The fourth-order valence-electron chi connectivity index (χ4n) is 1.98. The second kappa shape index (κ2) is 6.88. The molecular weight excluding hydrogens is 338 g/mol. The Hall–Kier alpha value is -1.61. The molecule has 0 bridgehead atoms. The van der Waals surface area contributed by atoms with Gasteiger partial charge in [0.25, 0.3) is 0 Å². The van der Waals surface area contributed by atoms with E-state index < -0.39 is 15.6 Å². The Kier molecular flexibility index (Phi) is 5.30. The minimum Gasteiger partial charge on any atom is -0.497 e. The van der Waals surface area contributed by atoms with Gasteiger partial charge < -0.3 is 14.6 Å². The molecule has 0 amide bonds. The molecule has 0 aliphatic carbocycles. The number of benzene rings is 1. The Labute approximate surface area is 139 Å². The Morgan fingerprint density at radius 1 is 1.26 bits per heavy atom. The van der Waals surface area contributed by atoms with Crippen LogP contribution in [-0.2, 0) is 15.6 Å². The van der Waals surface area contributed by atoms with Crippen LogP contribution in [-0.4, -0.2) is 34.3 Å². The standard InChI is InChI=1S/C15H19NO5S2/c1-15(17,14-5-4-8-22-14)10-16-23(18,19)13-7-6-11(20-2)9-12(13)21-3/h4-9,16-17H,10H2,1-3H3. The number of hydrogen-bond donors (Lipinski definition) is 2. The zero-order valence-electron chi connectivity index (χ0n) is 13.1. The molecule has 1 aromatic heterocycles. The second-order valence-electron chi connectivity index (χ2n) is 5.09. The summed E-state index contributed by atoms with van der Waals surface area (Å²) >= 11 is 1.36. The van der Waals surface area contributed by atoms with Gasteiger partial charge in [0.1, 0.15) is 22.0 Å². The molecule has 2 aromatic rings. The van der Waals surface area contributed by atoms with E-state index in [-0.39, 0.29) is 17.2 Å². The number of thiophene rings is 1. The van der Waals surface area contributed by atoms with Gasteiger partial charge in [-0.3, -0.25) is 0 Å². The number of nitrogens with one attached hydrogen (secondary N) is 1. The maximum absolute atomic E-state index is 12.5. The van der Waals surface area contributed by atoms with Crippen LogP contribution in [0.2, 0.25) is 0 Å². The number of sulfonamides is 1. The van der Waals surface area contributed by atoms with Crippen LogP contribution in [0.5, 0.6) is 11.5 Å². The molecule has 23 heavy (non-hydrogen) atoms. The lowest BCUT2D eigenvalue weighted by Gasteiger charge is -2.22. The normalized spacial score (nSPS) is 14.3. The molecule has 0 saturated heterocycles. The molecule has 1 heterocycles. The topological polar surface area (TPSA) is 84.9 Å². The summed E-state index contributed by atoms with van der Waals surface area (Å²) in [5.74, 6) is 0.666. The van der Waals surface area contributed by atoms with Gasteiger partial charge in [-0.1, -0.05) is 6.07 Å². The monoisotopic (exact) mass is 357 g/mol. The highest BCUT2D eigenvalue weighted by Gasteiger charge is 2.28. The van der Waals surface area contributed by atoms with E-state index in [4.69, 9.17) is 9.47 Å². The van der Waals surface area contributed by atoms with Gasteiger partial charge in [0, 0.05) is 17.5 Å². The average Bonchev–Trinajstić information content (AvgIpc) is 3.08. The van der Waals surface area contributed by atoms with Gasteiger partial charge in [-0.2, -0.15) is 0 Å². The SMILES string of the molecule is COc1ccc(S(=O)(=O)NCC(C)(O)c2cccs2)c(OC)c1. The summed E-state index contributed by atoms with van der Waals surface area (Å²) in [5, 5.41) is 12.3. The van der Waals surface area contributed by atoms with E-state index in [2.05, 4.69) is 4.72 Å². The van der Waals surface area contributed by atoms with E-state index in [0.29, 0.717) is 10.6 Å². The third kappa shape index (κ3) is 4.03. The highest BCUT2D eigenvalue weighted by molar-refractivity contribution is 7.89. The fourth-order valence-corrected chi connectivity index (χ4v) is 4.05. The fraction of sp³-hybridized carbons (Fsp3) is 0.333. The van der Waals surface area contributed by atoms with Crippen LogP contribution in [0, 0.1) is 0 Å². The summed E-state index contributed by atoms with van der Waals surface area (Å²) in [6.45, 7) is 1.41. The van der Waals surface area contributed by atoms with Crippen LogP contribution >= 0.6 is 11.3 Å². The maximum atomic E-state index is 12.5. The van der Waals surface area contributed by atoms with E-state index in [1.807, 2.05) is 5.38 Å². The third-order valence-electron chi connectivity index (χ3n) is 3.32. The zero-order valence-corrected chi connectivity index (χ0v) is 14.7. The van der Waals surface area contributed by atoms with Gasteiger partial charge in [-0.25, -0.2) is 13.1 Å². The van der Waals surface area contributed by atoms with Crippen molar-refractivity contribution in [3.05, 3.63) is 40.6 Å². The summed E-state index contributed by atoms with van der Waals surface area (Å²) in [7, 11) is -0.968. The van der Waals surface area contributed by atoms with Crippen LogP contribution in [0.15, 0.2) is 40.6 Å². The summed E-state index contributed by atoms with van der Waals surface area (Å²) in [5.41, 5.74) is -1.29. The number of rotatable bonds is 7. The minimum absolute atomic E-state index is 0.0113. The molecule has 6 nitrogen and oxygen atoms in total. The maximum Gasteiger partial charge on any atom is 0.244 e. The summed E-state index contributed by atoms with van der Waals surface area (Å²) in [6.07, 6.45) is 0. The first-order chi connectivity index (χ1) is 10.8. The third-order valence-corrected chi connectivity index (χ3v) is 5.88. The van der Waals surface area contributed by atoms with Crippen LogP contribution in [0.1, 0.15) is 11.8 Å². The molecule has 2 N–H and O–H groups in total. The largest absolute Gasteiger partial charge is 0.497 e. The molecule has 8 heteroatoms. The molecule has 0 saturated carbocycles. The second-order valence-corrected chi connectivity index (χ2v) is 7.78. The van der Waals surface area contributed by atoms with Crippen molar-refractivity contribution in [3.8, 4) is 11.5 Å². The van der Waals surface area contributed by atoms with E-state index in [9.17, 15) is 13.5 Å². The predicted molar refractivity (Wildman–Crippen MR) is 88.6 cm³/mol. The Morgan fingerprint density at radius 3 is 2.57 bits per heavy atom. The summed E-state index contributed by atoms with van der Waals surface area (Å²) < 4.78 is 37.6. The van der Waals surface area contributed by atoms with Crippen LogP contribution < -0.4 is 14.2 Å². The molecule has 1 unspecified atom stereocenters. The molecule has 0 aliphatic heterocycles. The van der Waals surface area contributed by atoms with E-state index in [1.54, 1.807) is 19.1 Å². The van der Waals surface area contributed by atoms with E-state index in [1.165, 1.54) is 43.8 Å². The molecule has 0 radical (unpaired) electrons. The summed E-state index contributed by atoms with van der Waals surface area (Å²) in [4.78, 5) is 0.671. The average molecular weight is 357 g/mol. The van der Waals surface area contributed by atoms with Crippen LogP contribution in [0.4, 0.5) is 0 Å². The molecule has 2 rings (SSSR count). The quantitative estimate of drug-likeness (QED) is 0.791. The molecular formula is C15H19NO5S2. The van der Waals surface area contributed by atoms with Crippen molar-refractivity contribution in [2.24, 2.45) is 0 Å². The van der Waals surface area contributed by atoms with Gasteiger partial charge in [-0.05, 0) is 30.5 Å². The van der Waals surface area contributed by atoms with Crippen LogP contribution in [0.25, 0.3) is 0 Å². The van der Waals surface area contributed by atoms with E-state index in [0.717, 1.165) is 0 Å². The Balaban J connectivity index is 2.22. The number of ether oxygens (including phenoxy) is 2. The van der Waals surface area contributed by atoms with Crippen LogP contribution in [0.3, 0.4) is 0 Å². The molecule has 126 valence electrons. The molecule has 1 atom stereocenters. The highest BCUT2D eigenvalue weighted by Crippen LogP contribution is 2.29. The first-order valence-corrected chi connectivity index (χ1v) is 9.14. The predicted octanol–water partition coefficient (Wildman–Crippen LogP) is 1.95. The van der Waals surface area contributed by atoms with Crippen molar-refractivity contribution in [2.75, 3.05) is 20.8 Å². The lowest BCUT2D eigenvalue weighted by Crippen LogP contribution is -2.38. The van der Waals surface area contributed by atoms with Gasteiger partial charge in [-0.15, -0.1) is 11.3 Å². The smallest absolute Gasteiger partial charge is 0.244 e. The zero-order chi connectivity index (χ0) is 17.1. The van der Waals surface area contributed by atoms with Gasteiger partial charge >= 0.3 is 0 Å². The summed E-state index contributed by atoms with van der Waals surface area (Å²) in [6, 6.07) is 7.99. The van der Waals surface area contributed by atoms with Crippen molar-refractivity contribution in [3.63, 3.8) is 0 Å². The minimum atomic E-state index is -3.84. The lowest BCUT2D eigenvalue weighted by molar-refractivity contribution is 0.0666. The van der Waals surface area contributed by atoms with Crippen molar-refractivity contribution in [1.29, 1.82) is 0 Å². The highest BCUT2D eigenvalue weighted by atomic mass is 32.2. The van der Waals surface area contributed by atoms with Gasteiger partial charge in [0.05, 0.1) is 14.2 Å². The number of hydrogen-bond acceptors (Lipinski definition) is 6. The van der Waals surface area contributed by atoms with Crippen molar-refractivity contribution in [1.82, 2.24) is 4.72 Å². The number of methoxy groups -OCH3 is 2. The van der Waals surface area contributed by atoms with Gasteiger partial charge in [0.15, 0.2) is 0 Å². The number of aliphatic hydroxyl groups is 1. The molecule has 0 fully saturated rings. The molecule has 1 aromatic carbocycles.